The molecule has 0 spiro atoms. The van der Waals surface area contributed by atoms with Crippen LogP contribution in [0.2, 0.25) is 0 Å². The summed E-state index contributed by atoms with van der Waals surface area (Å²) < 4.78 is 25.8. The van der Waals surface area contributed by atoms with Crippen LogP contribution in [0, 0.1) is 18.7 Å². The van der Waals surface area contributed by atoms with Crippen molar-refractivity contribution >= 4 is 11.8 Å². The highest BCUT2D eigenvalue weighted by Crippen LogP contribution is 2.33. The maximum Gasteiger partial charge on any atom is 0.306 e. The first-order valence-electron chi connectivity index (χ1n) is 13.0. The number of hydrogen-bond acceptors (Lipinski definition) is 5. The highest BCUT2D eigenvalue weighted by molar-refractivity contribution is 5.71. The minimum absolute atomic E-state index is 0.318. The SMILES string of the molecule is COc1ccc(-c2ccc(COc3ccc(F)cc3-c3cccc(N4CCC(C(=O)O)CC4)n3)c(C)c2)cc1. The molecule has 1 aliphatic heterocycles. The van der Waals surface area contributed by atoms with Crippen molar-refractivity contribution in [3.05, 3.63) is 95.8 Å². The summed E-state index contributed by atoms with van der Waals surface area (Å²) in [6.07, 6.45) is 1.15. The highest BCUT2D eigenvalue weighted by atomic mass is 19.1. The number of methoxy groups -OCH3 is 1. The zero-order valence-corrected chi connectivity index (χ0v) is 22.1. The number of aliphatic carboxylic acids is 1. The number of aryl methyl sites for hydroxylation is 1. The number of carboxylic acid groups (broad SMARTS) is 1. The van der Waals surface area contributed by atoms with Crippen molar-refractivity contribution < 1.29 is 23.8 Å². The van der Waals surface area contributed by atoms with E-state index in [9.17, 15) is 14.3 Å². The summed E-state index contributed by atoms with van der Waals surface area (Å²) in [5.41, 5.74) is 5.52. The molecule has 1 aliphatic rings. The lowest BCUT2D eigenvalue weighted by molar-refractivity contribution is -0.142. The number of aromatic nitrogens is 1. The third kappa shape index (κ3) is 6.03. The topological polar surface area (TPSA) is 71.9 Å². The normalized spacial score (nSPS) is 13.8. The minimum atomic E-state index is -0.747. The molecule has 0 atom stereocenters. The Morgan fingerprint density at radius 1 is 1.00 bits per heavy atom. The molecule has 0 radical (unpaired) electrons. The lowest BCUT2D eigenvalue weighted by atomic mass is 9.97. The summed E-state index contributed by atoms with van der Waals surface area (Å²) in [6.45, 7) is 3.61. The number of anilines is 1. The highest BCUT2D eigenvalue weighted by Gasteiger charge is 2.25. The summed E-state index contributed by atoms with van der Waals surface area (Å²) in [5.74, 6) is 0.677. The average molecular weight is 527 g/mol. The molecule has 1 aromatic heterocycles. The lowest BCUT2D eigenvalue weighted by Gasteiger charge is -2.31. The smallest absolute Gasteiger partial charge is 0.306 e. The first-order chi connectivity index (χ1) is 18.9. The molecular formula is C32H31FN2O4. The molecule has 1 saturated heterocycles. The van der Waals surface area contributed by atoms with Crippen molar-refractivity contribution in [1.82, 2.24) is 4.98 Å². The van der Waals surface area contributed by atoms with Crippen LogP contribution in [0.25, 0.3) is 22.4 Å². The van der Waals surface area contributed by atoms with E-state index in [2.05, 4.69) is 30.0 Å². The number of nitrogens with zero attached hydrogens (tertiary/aromatic N) is 2. The van der Waals surface area contributed by atoms with Gasteiger partial charge in [-0.05, 0) is 84.5 Å². The molecule has 7 heteroatoms. The van der Waals surface area contributed by atoms with E-state index in [1.807, 2.05) is 42.5 Å². The molecule has 3 aromatic carbocycles. The fraction of sp³-hybridized carbons (Fsp3) is 0.250. The van der Waals surface area contributed by atoms with E-state index in [1.165, 1.54) is 12.1 Å². The van der Waals surface area contributed by atoms with Crippen LogP contribution < -0.4 is 14.4 Å². The maximum absolute atomic E-state index is 14.3. The van der Waals surface area contributed by atoms with Gasteiger partial charge in [0.15, 0.2) is 0 Å². The number of carbonyl (C=O) groups is 1. The molecular weight excluding hydrogens is 495 g/mol. The van der Waals surface area contributed by atoms with Crippen LogP contribution in [-0.2, 0) is 11.4 Å². The Bertz CT molecular complexity index is 1460. The monoisotopic (exact) mass is 526 g/mol. The molecule has 4 aromatic rings. The fourth-order valence-electron chi connectivity index (χ4n) is 4.91. The lowest BCUT2D eigenvalue weighted by Crippen LogP contribution is -2.36. The first-order valence-corrected chi connectivity index (χ1v) is 13.0. The molecule has 0 bridgehead atoms. The third-order valence-electron chi connectivity index (χ3n) is 7.27. The van der Waals surface area contributed by atoms with E-state index in [0.29, 0.717) is 49.5 Å². The van der Waals surface area contributed by atoms with Gasteiger partial charge < -0.3 is 19.5 Å². The van der Waals surface area contributed by atoms with Gasteiger partial charge in [-0.2, -0.15) is 0 Å². The van der Waals surface area contributed by atoms with Crippen LogP contribution in [0.1, 0.15) is 24.0 Å². The van der Waals surface area contributed by atoms with Crippen molar-refractivity contribution in [3.63, 3.8) is 0 Å². The van der Waals surface area contributed by atoms with Gasteiger partial charge in [0, 0.05) is 18.7 Å². The van der Waals surface area contributed by atoms with Gasteiger partial charge in [0.25, 0.3) is 0 Å². The van der Waals surface area contributed by atoms with Crippen molar-refractivity contribution in [2.24, 2.45) is 5.92 Å². The largest absolute Gasteiger partial charge is 0.497 e. The standard InChI is InChI=1S/C32H31FN2O4/c1-21-18-24(22-8-11-27(38-2)12-9-22)6-7-25(21)20-39-30-13-10-26(33)19-28(30)29-4-3-5-31(34-29)35-16-14-23(15-17-35)32(36)37/h3-13,18-19,23H,14-17,20H2,1-2H3,(H,36,37). The maximum atomic E-state index is 14.3. The minimum Gasteiger partial charge on any atom is -0.497 e. The number of hydrogen-bond donors (Lipinski definition) is 1. The molecule has 0 saturated carbocycles. The molecule has 6 nitrogen and oxygen atoms in total. The Balaban J connectivity index is 1.33. The van der Waals surface area contributed by atoms with Gasteiger partial charge in [0.05, 0.1) is 18.7 Å². The van der Waals surface area contributed by atoms with Gasteiger partial charge in [-0.1, -0.05) is 36.4 Å². The van der Waals surface area contributed by atoms with Crippen LogP contribution in [-0.4, -0.2) is 36.3 Å². The summed E-state index contributed by atoms with van der Waals surface area (Å²) >= 11 is 0. The predicted molar refractivity (Wildman–Crippen MR) is 150 cm³/mol. The molecule has 0 amide bonds. The molecule has 0 unspecified atom stereocenters. The Kier molecular flexibility index (Phi) is 7.77. The van der Waals surface area contributed by atoms with Crippen LogP contribution in [0.3, 0.4) is 0 Å². The van der Waals surface area contributed by atoms with Gasteiger partial charge >= 0.3 is 5.97 Å². The number of pyridine rings is 1. The van der Waals surface area contributed by atoms with Crippen molar-refractivity contribution in [3.8, 4) is 33.9 Å². The van der Waals surface area contributed by atoms with Crippen LogP contribution in [0.5, 0.6) is 11.5 Å². The van der Waals surface area contributed by atoms with Crippen LogP contribution in [0.4, 0.5) is 10.2 Å². The van der Waals surface area contributed by atoms with E-state index in [0.717, 1.165) is 33.8 Å². The molecule has 1 fully saturated rings. The zero-order chi connectivity index (χ0) is 27.4. The Labute approximate surface area is 227 Å². The number of carboxylic acids is 1. The molecule has 0 aliphatic carbocycles. The third-order valence-corrected chi connectivity index (χ3v) is 7.27. The number of halogens is 1. The fourth-order valence-corrected chi connectivity index (χ4v) is 4.91. The molecule has 200 valence electrons. The number of rotatable bonds is 8. The van der Waals surface area contributed by atoms with E-state index in [1.54, 1.807) is 13.2 Å². The second-order valence-electron chi connectivity index (χ2n) is 9.78. The van der Waals surface area contributed by atoms with E-state index in [4.69, 9.17) is 14.5 Å². The van der Waals surface area contributed by atoms with E-state index in [-0.39, 0.29) is 11.7 Å². The van der Waals surface area contributed by atoms with Crippen LogP contribution in [0.15, 0.2) is 78.9 Å². The van der Waals surface area contributed by atoms with Crippen molar-refractivity contribution in [2.75, 3.05) is 25.1 Å². The molecule has 1 N–H and O–H groups in total. The van der Waals surface area contributed by atoms with E-state index >= 15 is 0 Å². The number of benzene rings is 3. The Hall–Kier alpha value is -4.39. The van der Waals surface area contributed by atoms with Crippen molar-refractivity contribution in [2.45, 2.75) is 26.4 Å². The second kappa shape index (κ2) is 11.6. The number of ether oxygens (including phenoxy) is 2. The molecule has 2 heterocycles. The van der Waals surface area contributed by atoms with Crippen molar-refractivity contribution in [1.29, 1.82) is 0 Å². The summed E-state index contributed by atoms with van der Waals surface area (Å²) in [6, 6.07) is 24.3. The van der Waals surface area contributed by atoms with Crippen LogP contribution >= 0.6 is 0 Å². The Morgan fingerprint density at radius 2 is 1.74 bits per heavy atom. The van der Waals surface area contributed by atoms with Gasteiger partial charge in [0.2, 0.25) is 0 Å². The quantitative estimate of drug-likeness (QED) is 0.274. The van der Waals surface area contributed by atoms with Gasteiger partial charge in [-0.25, -0.2) is 9.37 Å². The average Bonchev–Trinajstić information content (AvgIpc) is 2.97. The van der Waals surface area contributed by atoms with E-state index < -0.39 is 5.97 Å². The zero-order valence-electron chi connectivity index (χ0n) is 22.1. The number of piperidine rings is 1. The summed E-state index contributed by atoms with van der Waals surface area (Å²) in [5, 5.41) is 9.29. The first kappa shape index (κ1) is 26.2. The van der Waals surface area contributed by atoms with Gasteiger partial charge in [-0.15, -0.1) is 0 Å². The molecule has 39 heavy (non-hydrogen) atoms. The second-order valence-corrected chi connectivity index (χ2v) is 9.78. The van der Waals surface area contributed by atoms with Gasteiger partial charge in [0.1, 0.15) is 29.7 Å². The predicted octanol–water partition coefficient (Wildman–Crippen LogP) is 6.75. The summed E-state index contributed by atoms with van der Waals surface area (Å²) in [4.78, 5) is 18.2. The molecule has 5 rings (SSSR count). The Morgan fingerprint density at radius 3 is 2.44 bits per heavy atom. The summed E-state index contributed by atoms with van der Waals surface area (Å²) in [7, 11) is 1.65. The van der Waals surface area contributed by atoms with Gasteiger partial charge in [-0.3, -0.25) is 4.79 Å².